The SMILES string of the molecule is OC(CNCCCCC(F)(F)F)C(F)(F)F. The number of nitrogens with one attached hydrogen (secondary N) is 1. The topological polar surface area (TPSA) is 32.3 Å². The number of aliphatic hydroxyl groups excluding tert-OH is 1. The number of unbranched alkanes of at least 4 members (excludes halogenated alkanes) is 1. The molecule has 1 unspecified atom stereocenters. The highest BCUT2D eigenvalue weighted by atomic mass is 19.4. The molecule has 0 aliphatic heterocycles. The Bertz CT molecular complexity index is 190. The Morgan fingerprint density at radius 2 is 1.56 bits per heavy atom. The smallest absolute Gasteiger partial charge is 0.382 e. The van der Waals surface area contributed by atoms with Crippen LogP contribution in [0.1, 0.15) is 19.3 Å². The van der Waals surface area contributed by atoms with Crippen LogP contribution in [0.2, 0.25) is 0 Å². The molecule has 0 rings (SSSR count). The second-order valence-corrected chi connectivity index (χ2v) is 3.33. The van der Waals surface area contributed by atoms with Crippen molar-refractivity contribution in [2.45, 2.75) is 37.7 Å². The van der Waals surface area contributed by atoms with Crippen molar-refractivity contribution in [3.8, 4) is 0 Å². The second-order valence-electron chi connectivity index (χ2n) is 3.33. The lowest BCUT2D eigenvalue weighted by Gasteiger charge is -2.14. The molecule has 0 spiro atoms. The molecule has 0 fully saturated rings. The van der Waals surface area contributed by atoms with Crippen molar-refractivity contribution in [2.24, 2.45) is 0 Å². The van der Waals surface area contributed by atoms with Gasteiger partial charge in [-0.2, -0.15) is 26.3 Å². The molecule has 0 amide bonds. The van der Waals surface area contributed by atoms with Gasteiger partial charge >= 0.3 is 12.4 Å². The first kappa shape index (κ1) is 15.5. The van der Waals surface area contributed by atoms with Crippen molar-refractivity contribution < 1.29 is 31.4 Å². The minimum Gasteiger partial charge on any atom is -0.382 e. The van der Waals surface area contributed by atoms with Gasteiger partial charge in [-0.05, 0) is 19.4 Å². The molecular formula is C8H13F6NO. The van der Waals surface area contributed by atoms with Crippen molar-refractivity contribution >= 4 is 0 Å². The third kappa shape index (κ3) is 8.78. The summed E-state index contributed by atoms with van der Waals surface area (Å²) < 4.78 is 70.1. The zero-order valence-corrected chi connectivity index (χ0v) is 8.33. The molecule has 0 radical (unpaired) electrons. The van der Waals surface area contributed by atoms with Crippen molar-refractivity contribution in [2.75, 3.05) is 13.1 Å². The maximum Gasteiger partial charge on any atom is 0.415 e. The molecule has 16 heavy (non-hydrogen) atoms. The number of rotatable bonds is 6. The van der Waals surface area contributed by atoms with Crippen LogP contribution in [0, 0.1) is 0 Å². The molecule has 0 aromatic carbocycles. The third-order valence-electron chi connectivity index (χ3n) is 1.78. The molecule has 0 saturated heterocycles. The Morgan fingerprint density at radius 3 is 2.00 bits per heavy atom. The van der Waals surface area contributed by atoms with E-state index in [1.807, 2.05) is 0 Å². The standard InChI is InChI=1S/C8H13F6NO/c9-7(10,11)3-1-2-4-15-5-6(16)8(12,13)14/h6,15-16H,1-5H2. The van der Waals surface area contributed by atoms with Crippen LogP contribution in [0.4, 0.5) is 26.3 Å². The first-order valence-corrected chi connectivity index (χ1v) is 4.65. The van der Waals surface area contributed by atoms with Crippen molar-refractivity contribution in [1.29, 1.82) is 0 Å². The molecule has 0 bridgehead atoms. The van der Waals surface area contributed by atoms with E-state index in [1.54, 1.807) is 0 Å². The van der Waals surface area contributed by atoms with Gasteiger partial charge in [0.15, 0.2) is 6.10 Å². The van der Waals surface area contributed by atoms with Gasteiger partial charge < -0.3 is 10.4 Å². The van der Waals surface area contributed by atoms with Gasteiger partial charge in [0.2, 0.25) is 0 Å². The summed E-state index contributed by atoms with van der Waals surface area (Å²) >= 11 is 0. The predicted octanol–water partition coefficient (Wildman–Crippen LogP) is 2.23. The monoisotopic (exact) mass is 253 g/mol. The molecule has 0 heterocycles. The highest BCUT2D eigenvalue weighted by molar-refractivity contribution is 4.67. The second kappa shape index (κ2) is 6.29. The van der Waals surface area contributed by atoms with Crippen LogP contribution in [-0.2, 0) is 0 Å². The number of hydrogen-bond donors (Lipinski definition) is 2. The fourth-order valence-electron chi connectivity index (χ4n) is 0.930. The molecule has 8 heteroatoms. The Hall–Kier alpha value is -0.500. The summed E-state index contributed by atoms with van der Waals surface area (Å²) in [5.41, 5.74) is 0. The molecular weight excluding hydrogens is 240 g/mol. The van der Waals surface area contributed by atoms with Crippen molar-refractivity contribution in [3.05, 3.63) is 0 Å². The Labute approximate surface area is 88.6 Å². The van der Waals surface area contributed by atoms with Crippen LogP contribution in [0.25, 0.3) is 0 Å². The number of aliphatic hydroxyl groups is 1. The molecule has 98 valence electrons. The minimum atomic E-state index is -4.70. The largest absolute Gasteiger partial charge is 0.415 e. The average molecular weight is 253 g/mol. The summed E-state index contributed by atoms with van der Waals surface area (Å²) in [6.07, 6.45) is -12.4. The zero-order chi connectivity index (χ0) is 12.8. The van der Waals surface area contributed by atoms with Gasteiger partial charge in [-0.25, -0.2) is 0 Å². The van der Waals surface area contributed by atoms with E-state index in [0.29, 0.717) is 0 Å². The van der Waals surface area contributed by atoms with Crippen LogP contribution in [0.5, 0.6) is 0 Å². The quantitative estimate of drug-likeness (QED) is 0.562. The van der Waals surface area contributed by atoms with Crippen molar-refractivity contribution in [3.63, 3.8) is 0 Å². The normalized spacial score (nSPS) is 15.2. The average Bonchev–Trinajstić information content (AvgIpc) is 2.07. The summed E-state index contributed by atoms with van der Waals surface area (Å²) in [4.78, 5) is 0. The van der Waals surface area contributed by atoms with Crippen LogP contribution in [-0.4, -0.2) is 36.7 Å². The number of alkyl halides is 6. The molecule has 0 aromatic rings. The van der Waals surface area contributed by atoms with E-state index in [9.17, 15) is 26.3 Å². The van der Waals surface area contributed by atoms with Gasteiger partial charge in [0.1, 0.15) is 0 Å². The molecule has 1 atom stereocenters. The number of halogens is 6. The van der Waals surface area contributed by atoms with Gasteiger partial charge in [0.25, 0.3) is 0 Å². The summed E-state index contributed by atoms with van der Waals surface area (Å²) in [6, 6.07) is 0. The molecule has 2 N–H and O–H groups in total. The highest BCUT2D eigenvalue weighted by Gasteiger charge is 2.37. The highest BCUT2D eigenvalue weighted by Crippen LogP contribution is 2.22. The maximum absolute atomic E-state index is 11.7. The molecule has 0 aromatic heterocycles. The van der Waals surface area contributed by atoms with Gasteiger partial charge in [0, 0.05) is 13.0 Å². The Balaban J connectivity index is 3.41. The maximum atomic E-state index is 11.7. The van der Waals surface area contributed by atoms with Gasteiger partial charge in [-0.15, -0.1) is 0 Å². The van der Waals surface area contributed by atoms with E-state index in [1.165, 1.54) is 0 Å². The fraction of sp³-hybridized carbons (Fsp3) is 1.00. The first-order valence-electron chi connectivity index (χ1n) is 4.65. The Morgan fingerprint density at radius 1 is 1.00 bits per heavy atom. The van der Waals surface area contributed by atoms with E-state index >= 15 is 0 Å². The number of hydrogen-bond acceptors (Lipinski definition) is 2. The molecule has 0 saturated carbocycles. The van der Waals surface area contributed by atoms with Gasteiger partial charge in [-0.1, -0.05) is 0 Å². The van der Waals surface area contributed by atoms with Gasteiger partial charge in [0.05, 0.1) is 0 Å². The summed E-state index contributed by atoms with van der Waals surface area (Å²) in [5.74, 6) is 0. The molecule has 0 aliphatic carbocycles. The lowest BCUT2D eigenvalue weighted by molar-refractivity contribution is -0.201. The van der Waals surface area contributed by atoms with E-state index in [0.717, 1.165) is 0 Å². The predicted molar refractivity (Wildman–Crippen MR) is 44.8 cm³/mol. The molecule has 2 nitrogen and oxygen atoms in total. The fourth-order valence-corrected chi connectivity index (χ4v) is 0.930. The van der Waals surface area contributed by atoms with Crippen LogP contribution >= 0.6 is 0 Å². The van der Waals surface area contributed by atoms with E-state index in [2.05, 4.69) is 5.32 Å². The first-order chi connectivity index (χ1) is 7.13. The lowest BCUT2D eigenvalue weighted by atomic mass is 10.2. The summed E-state index contributed by atoms with van der Waals surface area (Å²) in [7, 11) is 0. The molecule has 0 aliphatic rings. The van der Waals surface area contributed by atoms with Crippen LogP contribution in [0.15, 0.2) is 0 Å². The van der Waals surface area contributed by atoms with Crippen molar-refractivity contribution in [1.82, 2.24) is 5.32 Å². The van der Waals surface area contributed by atoms with Gasteiger partial charge in [-0.3, -0.25) is 0 Å². The summed E-state index contributed by atoms with van der Waals surface area (Å²) in [6.45, 7) is -0.682. The van der Waals surface area contributed by atoms with Crippen LogP contribution < -0.4 is 5.32 Å². The zero-order valence-electron chi connectivity index (χ0n) is 8.33. The van der Waals surface area contributed by atoms with E-state index in [-0.39, 0.29) is 19.4 Å². The summed E-state index contributed by atoms with van der Waals surface area (Å²) in [5, 5.41) is 10.7. The lowest BCUT2D eigenvalue weighted by Crippen LogP contribution is -2.38. The van der Waals surface area contributed by atoms with Crippen LogP contribution in [0.3, 0.4) is 0 Å². The minimum absolute atomic E-state index is 0.0171. The third-order valence-corrected chi connectivity index (χ3v) is 1.78. The Kier molecular flexibility index (Phi) is 6.09. The van der Waals surface area contributed by atoms with E-state index < -0.39 is 31.4 Å². The van der Waals surface area contributed by atoms with E-state index in [4.69, 9.17) is 5.11 Å².